The van der Waals surface area contributed by atoms with E-state index in [1.807, 2.05) is 0 Å². The monoisotopic (exact) mass is 367 g/mol. The number of benzene rings is 2. The highest BCUT2D eigenvalue weighted by Gasteiger charge is 2.12. The SMILES string of the molecule is COCCOc1ccc(NC(=O)c2cc(Br)ccc2F)cc1. The Kier molecular flexibility index (Phi) is 5.91. The molecule has 0 fully saturated rings. The maximum absolute atomic E-state index is 13.6. The predicted octanol–water partition coefficient (Wildman–Crippen LogP) is 3.87. The Bertz CT molecular complexity index is 646. The van der Waals surface area contributed by atoms with Crippen molar-refractivity contribution in [3.63, 3.8) is 0 Å². The normalized spacial score (nSPS) is 10.3. The second kappa shape index (κ2) is 7.91. The van der Waals surface area contributed by atoms with E-state index in [1.54, 1.807) is 31.4 Å². The first kappa shape index (κ1) is 16.5. The van der Waals surface area contributed by atoms with E-state index in [0.29, 0.717) is 29.1 Å². The number of amides is 1. The van der Waals surface area contributed by atoms with Gasteiger partial charge in [-0.05, 0) is 42.5 Å². The van der Waals surface area contributed by atoms with Gasteiger partial charge in [-0.1, -0.05) is 15.9 Å². The minimum atomic E-state index is -0.569. The fourth-order valence-electron chi connectivity index (χ4n) is 1.75. The highest BCUT2D eigenvalue weighted by atomic mass is 79.9. The van der Waals surface area contributed by atoms with Gasteiger partial charge in [-0.15, -0.1) is 0 Å². The second-order valence-electron chi connectivity index (χ2n) is 4.44. The van der Waals surface area contributed by atoms with E-state index in [0.717, 1.165) is 0 Å². The molecular weight excluding hydrogens is 353 g/mol. The summed E-state index contributed by atoms with van der Waals surface area (Å²) in [5.74, 6) is -0.407. The first-order valence-corrected chi connectivity index (χ1v) is 7.37. The average molecular weight is 368 g/mol. The van der Waals surface area contributed by atoms with Crippen LogP contribution < -0.4 is 10.1 Å². The highest BCUT2D eigenvalue weighted by Crippen LogP contribution is 2.19. The van der Waals surface area contributed by atoms with Crippen LogP contribution in [-0.2, 0) is 4.74 Å². The van der Waals surface area contributed by atoms with Crippen LogP contribution in [0.25, 0.3) is 0 Å². The van der Waals surface area contributed by atoms with Gasteiger partial charge in [0.05, 0.1) is 12.2 Å². The molecule has 0 atom stereocenters. The first-order valence-electron chi connectivity index (χ1n) is 6.58. The molecule has 1 amide bonds. The lowest BCUT2D eigenvalue weighted by Gasteiger charge is -2.09. The van der Waals surface area contributed by atoms with Crippen molar-refractivity contribution in [2.45, 2.75) is 0 Å². The molecule has 116 valence electrons. The number of nitrogens with one attached hydrogen (secondary N) is 1. The Morgan fingerprint density at radius 2 is 1.91 bits per heavy atom. The summed E-state index contributed by atoms with van der Waals surface area (Å²) in [5, 5.41) is 2.64. The molecule has 0 saturated carbocycles. The third kappa shape index (κ3) is 4.54. The predicted molar refractivity (Wildman–Crippen MR) is 85.9 cm³/mol. The standard InChI is InChI=1S/C16H15BrFNO3/c1-21-8-9-22-13-5-3-12(4-6-13)19-16(20)14-10-11(17)2-7-15(14)18/h2-7,10H,8-9H2,1H3,(H,19,20). The Hall–Kier alpha value is -1.92. The van der Waals surface area contributed by atoms with Gasteiger partial charge in [0.15, 0.2) is 0 Å². The van der Waals surface area contributed by atoms with Crippen LogP contribution >= 0.6 is 15.9 Å². The Morgan fingerprint density at radius 1 is 1.18 bits per heavy atom. The Labute approximate surface area is 136 Å². The summed E-state index contributed by atoms with van der Waals surface area (Å²) in [4.78, 5) is 12.1. The van der Waals surface area contributed by atoms with Gasteiger partial charge in [0, 0.05) is 17.3 Å². The van der Waals surface area contributed by atoms with E-state index in [-0.39, 0.29) is 5.56 Å². The third-order valence-corrected chi connectivity index (χ3v) is 3.33. The maximum Gasteiger partial charge on any atom is 0.258 e. The number of methoxy groups -OCH3 is 1. The van der Waals surface area contributed by atoms with Gasteiger partial charge in [-0.3, -0.25) is 4.79 Å². The smallest absolute Gasteiger partial charge is 0.258 e. The molecule has 0 saturated heterocycles. The van der Waals surface area contributed by atoms with Crippen LogP contribution in [0.15, 0.2) is 46.9 Å². The molecule has 2 aromatic rings. The van der Waals surface area contributed by atoms with Gasteiger partial charge in [0.2, 0.25) is 0 Å². The minimum Gasteiger partial charge on any atom is -0.491 e. The summed E-state index contributed by atoms with van der Waals surface area (Å²) in [7, 11) is 1.60. The molecule has 0 bridgehead atoms. The summed E-state index contributed by atoms with van der Waals surface area (Å²) >= 11 is 3.22. The quantitative estimate of drug-likeness (QED) is 0.788. The van der Waals surface area contributed by atoms with Gasteiger partial charge in [-0.2, -0.15) is 0 Å². The molecular formula is C16H15BrFNO3. The van der Waals surface area contributed by atoms with Crippen LogP contribution in [0.4, 0.5) is 10.1 Å². The molecule has 2 rings (SSSR count). The lowest BCUT2D eigenvalue weighted by Crippen LogP contribution is -2.13. The Balaban J connectivity index is 2.01. The van der Waals surface area contributed by atoms with Gasteiger partial charge < -0.3 is 14.8 Å². The summed E-state index contributed by atoms with van der Waals surface area (Å²) in [6, 6.07) is 11.0. The first-order chi connectivity index (χ1) is 10.6. The lowest BCUT2D eigenvalue weighted by molar-refractivity contribution is 0.102. The molecule has 0 aromatic heterocycles. The van der Waals surface area contributed by atoms with E-state index in [9.17, 15) is 9.18 Å². The van der Waals surface area contributed by atoms with Crippen molar-refractivity contribution in [1.82, 2.24) is 0 Å². The zero-order valence-electron chi connectivity index (χ0n) is 11.9. The number of anilines is 1. The molecule has 6 heteroatoms. The maximum atomic E-state index is 13.6. The molecule has 0 unspecified atom stereocenters. The number of hydrogen-bond acceptors (Lipinski definition) is 3. The van der Waals surface area contributed by atoms with Gasteiger partial charge in [-0.25, -0.2) is 4.39 Å². The molecule has 2 aromatic carbocycles. The van der Waals surface area contributed by atoms with Crippen molar-refractivity contribution in [2.75, 3.05) is 25.6 Å². The van der Waals surface area contributed by atoms with Crippen LogP contribution in [0.1, 0.15) is 10.4 Å². The fourth-order valence-corrected chi connectivity index (χ4v) is 2.11. The summed E-state index contributed by atoms with van der Waals surface area (Å²) in [5.41, 5.74) is 0.540. The van der Waals surface area contributed by atoms with Crippen molar-refractivity contribution in [3.05, 3.63) is 58.3 Å². The number of hydrogen-bond donors (Lipinski definition) is 1. The molecule has 1 N–H and O–H groups in total. The fraction of sp³-hybridized carbons (Fsp3) is 0.188. The van der Waals surface area contributed by atoms with Gasteiger partial charge in [0.1, 0.15) is 18.2 Å². The van der Waals surface area contributed by atoms with Gasteiger partial charge >= 0.3 is 0 Å². The van der Waals surface area contributed by atoms with Crippen LogP contribution in [0.2, 0.25) is 0 Å². The number of rotatable bonds is 6. The molecule has 22 heavy (non-hydrogen) atoms. The van der Waals surface area contributed by atoms with Crippen molar-refractivity contribution in [3.8, 4) is 5.75 Å². The molecule has 0 spiro atoms. The van der Waals surface area contributed by atoms with Gasteiger partial charge in [0.25, 0.3) is 5.91 Å². The van der Waals surface area contributed by atoms with Crippen molar-refractivity contribution >= 4 is 27.5 Å². The zero-order valence-corrected chi connectivity index (χ0v) is 13.5. The second-order valence-corrected chi connectivity index (χ2v) is 5.36. The van der Waals surface area contributed by atoms with E-state index in [4.69, 9.17) is 9.47 Å². The molecule has 0 aliphatic carbocycles. The number of halogens is 2. The van der Waals surface area contributed by atoms with Crippen LogP contribution in [0.5, 0.6) is 5.75 Å². The molecule has 4 nitrogen and oxygen atoms in total. The van der Waals surface area contributed by atoms with Crippen molar-refractivity contribution in [2.24, 2.45) is 0 Å². The van der Waals surface area contributed by atoms with E-state index >= 15 is 0 Å². The molecule has 0 radical (unpaired) electrons. The summed E-state index contributed by atoms with van der Waals surface area (Å²) in [6.45, 7) is 0.951. The number of ether oxygens (including phenoxy) is 2. The van der Waals surface area contributed by atoms with Crippen LogP contribution in [0, 0.1) is 5.82 Å². The topological polar surface area (TPSA) is 47.6 Å². The largest absolute Gasteiger partial charge is 0.491 e. The van der Waals surface area contributed by atoms with E-state index in [1.165, 1.54) is 18.2 Å². The summed E-state index contributed by atoms with van der Waals surface area (Å²) < 4.78 is 24.6. The number of carbonyl (C=O) groups is 1. The van der Waals surface area contributed by atoms with Crippen molar-refractivity contribution in [1.29, 1.82) is 0 Å². The van der Waals surface area contributed by atoms with Crippen molar-refractivity contribution < 1.29 is 18.7 Å². The van der Waals surface area contributed by atoms with E-state index in [2.05, 4.69) is 21.2 Å². The summed E-state index contributed by atoms with van der Waals surface area (Å²) in [6.07, 6.45) is 0. The minimum absolute atomic E-state index is 0.0187. The molecule has 0 heterocycles. The van der Waals surface area contributed by atoms with Crippen LogP contribution in [-0.4, -0.2) is 26.2 Å². The average Bonchev–Trinajstić information content (AvgIpc) is 2.51. The zero-order chi connectivity index (χ0) is 15.9. The Morgan fingerprint density at radius 3 is 2.59 bits per heavy atom. The third-order valence-electron chi connectivity index (χ3n) is 2.84. The lowest BCUT2D eigenvalue weighted by atomic mass is 10.2. The number of carbonyl (C=O) groups excluding carboxylic acids is 1. The highest BCUT2D eigenvalue weighted by molar-refractivity contribution is 9.10. The molecule has 0 aliphatic rings. The van der Waals surface area contributed by atoms with Crippen LogP contribution in [0.3, 0.4) is 0 Å². The molecule has 0 aliphatic heterocycles. The van der Waals surface area contributed by atoms with E-state index < -0.39 is 11.7 Å².